The number of fused-ring (bicyclic) bond motifs is 1. The molecule has 1 aliphatic heterocycles. The van der Waals surface area contributed by atoms with E-state index in [0.29, 0.717) is 6.61 Å². The Morgan fingerprint density at radius 1 is 1.25 bits per heavy atom. The van der Waals surface area contributed by atoms with Crippen LogP contribution in [-0.2, 0) is 16.1 Å². The maximum atomic E-state index is 12.3. The molecule has 0 atom stereocenters. The Hall–Kier alpha value is -2.14. The van der Waals surface area contributed by atoms with Crippen LogP contribution < -0.4 is 4.94 Å². The molecular formula is C19H22FNO3. The average Bonchev–Trinajstić information content (AvgIpc) is 2.62. The van der Waals surface area contributed by atoms with E-state index < -0.39 is 0 Å². The number of hydrogen-bond acceptors (Lipinski definition) is 4. The Morgan fingerprint density at radius 2 is 2.04 bits per heavy atom. The zero-order chi connectivity index (χ0) is 16.9. The Bertz CT molecular complexity index is 711. The van der Waals surface area contributed by atoms with Gasteiger partial charge in [-0.05, 0) is 61.3 Å². The first-order valence-corrected chi connectivity index (χ1v) is 8.40. The second kappa shape index (κ2) is 7.62. The Kier molecular flexibility index (Phi) is 5.30. The molecule has 128 valence electrons. The smallest absolute Gasteiger partial charge is 0.309 e. The maximum Gasteiger partial charge on any atom is 0.309 e. The van der Waals surface area contributed by atoms with E-state index >= 15 is 0 Å². The van der Waals surface area contributed by atoms with Crippen LogP contribution in [0.4, 0.5) is 4.53 Å². The summed E-state index contributed by atoms with van der Waals surface area (Å²) in [4.78, 5) is 18.0. The number of benzene rings is 2. The molecule has 0 bridgehead atoms. The number of halogens is 1. The van der Waals surface area contributed by atoms with Gasteiger partial charge in [-0.25, -0.2) is 0 Å². The Morgan fingerprint density at radius 3 is 2.75 bits per heavy atom. The van der Waals surface area contributed by atoms with Gasteiger partial charge in [-0.3, -0.25) is 14.6 Å². The lowest BCUT2D eigenvalue weighted by molar-refractivity contribution is -0.149. The fourth-order valence-electron chi connectivity index (χ4n) is 3.34. The van der Waals surface area contributed by atoms with Gasteiger partial charge in [0.25, 0.3) is 0 Å². The van der Waals surface area contributed by atoms with Crippen LogP contribution in [0.5, 0.6) is 5.75 Å². The largest absolute Gasteiger partial charge is 0.466 e. The molecule has 1 saturated heterocycles. The summed E-state index contributed by atoms with van der Waals surface area (Å²) < 4.78 is 17.5. The van der Waals surface area contributed by atoms with Crippen LogP contribution in [0.25, 0.3) is 10.8 Å². The molecule has 0 N–H and O–H groups in total. The Balaban J connectivity index is 1.67. The van der Waals surface area contributed by atoms with E-state index in [1.807, 2.05) is 25.1 Å². The third kappa shape index (κ3) is 3.67. The molecule has 1 fully saturated rings. The predicted octanol–water partition coefficient (Wildman–Crippen LogP) is 3.88. The van der Waals surface area contributed by atoms with Gasteiger partial charge in [0.05, 0.1) is 12.5 Å². The van der Waals surface area contributed by atoms with E-state index in [2.05, 4.69) is 15.9 Å². The van der Waals surface area contributed by atoms with Gasteiger partial charge >= 0.3 is 5.97 Å². The highest BCUT2D eigenvalue weighted by atomic mass is 19.3. The predicted molar refractivity (Wildman–Crippen MR) is 90.3 cm³/mol. The van der Waals surface area contributed by atoms with Crippen LogP contribution >= 0.6 is 0 Å². The molecule has 0 saturated carbocycles. The number of likely N-dealkylation sites (tertiary alicyclic amines) is 1. The second-order valence-corrected chi connectivity index (χ2v) is 6.18. The second-order valence-electron chi connectivity index (χ2n) is 6.18. The van der Waals surface area contributed by atoms with Gasteiger partial charge < -0.3 is 4.74 Å². The molecule has 5 heteroatoms. The molecule has 0 aromatic heterocycles. The van der Waals surface area contributed by atoms with E-state index in [1.165, 1.54) is 5.56 Å². The molecule has 4 nitrogen and oxygen atoms in total. The lowest BCUT2D eigenvalue weighted by Crippen LogP contribution is -2.36. The van der Waals surface area contributed by atoms with Crippen LogP contribution in [0.2, 0.25) is 0 Å². The molecular weight excluding hydrogens is 309 g/mol. The topological polar surface area (TPSA) is 38.8 Å². The highest BCUT2D eigenvalue weighted by molar-refractivity contribution is 5.87. The molecule has 1 aliphatic rings. The first-order chi connectivity index (χ1) is 11.7. The summed E-state index contributed by atoms with van der Waals surface area (Å²) >= 11 is 0. The van der Waals surface area contributed by atoms with Crippen LogP contribution in [0.3, 0.4) is 0 Å². The van der Waals surface area contributed by atoms with Crippen molar-refractivity contribution in [1.82, 2.24) is 4.90 Å². The molecule has 0 amide bonds. The van der Waals surface area contributed by atoms with Crippen LogP contribution in [0.1, 0.15) is 25.3 Å². The van der Waals surface area contributed by atoms with Crippen LogP contribution in [0, 0.1) is 5.92 Å². The summed E-state index contributed by atoms with van der Waals surface area (Å²) in [7, 11) is 0. The van der Waals surface area contributed by atoms with Gasteiger partial charge in [-0.1, -0.05) is 24.3 Å². The fraction of sp³-hybridized carbons (Fsp3) is 0.421. The number of nitrogens with zero attached hydrogens (tertiary/aromatic N) is 1. The highest BCUT2D eigenvalue weighted by Gasteiger charge is 2.26. The average molecular weight is 331 g/mol. The monoisotopic (exact) mass is 331 g/mol. The van der Waals surface area contributed by atoms with E-state index in [9.17, 15) is 9.32 Å². The number of esters is 1. The summed E-state index contributed by atoms with van der Waals surface area (Å²) in [6.07, 6.45) is 1.67. The number of carbonyl (C=O) groups is 1. The number of carbonyl (C=O) groups excluding carboxylic acids is 1. The molecule has 3 rings (SSSR count). The molecule has 1 heterocycles. The minimum Gasteiger partial charge on any atom is -0.466 e. The van der Waals surface area contributed by atoms with Crippen molar-refractivity contribution in [1.29, 1.82) is 0 Å². The zero-order valence-electron chi connectivity index (χ0n) is 13.8. The molecule has 2 aromatic carbocycles. The van der Waals surface area contributed by atoms with Gasteiger partial charge in [-0.2, -0.15) is 0 Å². The maximum absolute atomic E-state index is 12.3. The highest BCUT2D eigenvalue weighted by Crippen LogP contribution is 2.27. The van der Waals surface area contributed by atoms with E-state index in [4.69, 9.17) is 4.74 Å². The molecule has 0 radical (unpaired) electrons. The zero-order valence-corrected chi connectivity index (χ0v) is 13.8. The fourth-order valence-corrected chi connectivity index (χ4v) is 3.34. The Labute approximate surface area is 141 Å². The lowest BCUT2D eigenvalue weighted by atomic mass is 9.96. The minimum atomic E-state index is -0.0685. The van der Waals surface area contributed by atoms with Crippen molar-refractivity contribution in [2.75, 3.05) is 19.7 Å². The van der Waals surface area contributed by atoms with Crippen molar-refractivity contribution in [3.63, 3.8) is 0 Å². The minimum absolute atomic E-state index is 0.0259. The van der Waals surface area contributed by atoms with Gasteiger partial charge in [0.1, 0.15) is 0 Å². The molecule has 24 heavy (non-hydrogen) atoms. The summed E-state index contributed by atoms with van der Waals surface area (Å²) in [6.45, 7) is 4.87. The van der Waals surface area contributed by atoms with Gasteiger partial charge in [0.15, 0.2) is 5.75 Å². The van der Waals surface area contributed by atoms with Crippen molar-refractivity contribution in [3.8, 4) is 5.75 Å². The summed E-state index contributed by atoms with van der Waals surface area (Å²) in [5, 5.41) is 2.06. The van der Waals surface area contributed by atoms with E-state index in [-0.39, 0.29) is 17.6 Å². The van der Waals surface area contributed by atoms with Gasteiger partial charge in [-0.15, -0.1) is 0 Å². The molecule has 0 unspecified atom stereocenters. The third-order valence-electron chi connectivity index (χ3n) is 4.63. The standard InChI is InChI=1S/C19H22FNO3/c1-2-23-19(22)14-8-10-21(11-9-14)13-16-5-3-4-15-12-17(24-20)6-7-18(15)16/h3-7,12,14H,2,8-11,13H2,1H3. The summed E-state index contributed by atoms with van der Waals surface area (Å²) in [6, 6.07) is 11.3. The van der Waals surface area contributed by atoms with Gasteiger partial charge in [0.2, 0.25) is 0 Å². The third-order valence-corrected chi connectivity index (χ3v) is 4.63. The lowest BCUT2D eigenvalue weighted by Gasteiger charge is -2.31. The quantitative estimate of drug-likeness (QED) is 0.780. The number of hydrogen-bond donors (Lipinski definition) is 0. The van der Waals surface area contributed by atoms with Crippen molar-refractivity contribution in [2.24, 2.45) is 5.92 Å². The van der Waals surface area contributed by atoms with E-state index in [0.717, 1.165) is 43.2 Å². The normalized spacial score (nSPS) is 16.2. The van der Waals surface area contributed by atoms with E-state index in [1.54, 1.807) is 12.1 Å². The number of ether oxygens (including phenoxy) is 1. The molecule has 0 spiro atoms. The van der Waals surface area contributed by atoms with Gasteiger partial charge in [0, 0.05) is 11.1 Å². The number of piperidine rings is 1. The van der Waals surface area contributed by atoms with Crippen molar-refractivity contribution in [2.45, 2.75) is 26.3 Å². The van der Waals surface area contributed by atoms with Crippen LogP contribution in [-0.4, -0.2) is 30.6 Å². The van der Waals surface area contributed by atoms with Crippen molar-refractivity contribution in [3.05, 3.63) is 42.0 Å². The van der Waals surface area contributed by atoms with Crippen LogP contribution in [0.15, 0.2) is 36.4 Å². The molecule has 0 aliphatic carbocycles. The first kappa shape index (κ1) is 16.7. The molecule has 2 aromatic rings. The summed E-state index contributed by atoms with van der Waals surface area (Å²) in [5.74, 6) is 0.175. The SMILES string of the molecule is CCOC(=O)C1CCN(Cc2cccc3cc(OF)ccc23)CC1. The first-order valence-electron chi connectivity index (χ1n) is 8.40. The van der Waals surface area contributed by atoms with Crippen molar-refractivity contribution >= 4 is 16.7 Å². The number of rotatable bonds is 5. The van der Waals surface area contributed by atoms with Crippen molar-refractivity contribution < 1.29 is 19.0 Å². The summed E-state index contributed by atoms with van der Waals surface area (Å²) in [5.41, 5.74) is 1.20.